The Bertz CT molecular complexity index is 175. The monoisotopic (exact) mass is 250 g/mol. The van der Waals surface area contributed by atoms with Crippen molar-refractivity contribution < 1.29 is 0 Å². The van der Waals surface area contributed by atoms with Gasteiger partial charge in [-0.2, -0.15) is 11.8 Å². The highest BCUT2D eigenvalue weighted by Gasteiger charge is 2.24. The fourth-order valence-corrected chi connectivity index (χ4v) is 3.95. The minimum atomic E-state index is 0. The van der Waals surface area contributed by atoms with Crippen molar-refractivity contribution in [2.45, 2.75) is 32.4 Å². The molecule has 0 aromatic heterocycles. The van der Waals surface area contributed by atoms with Gasteiger partial charge in [-0.25, -0.2) is 0 Å². The van der Waals surface area contributed by atoms with Crippen LogP contribution in [0.4, 0.5) is 0 Å². The van der Waals surface area contributed by atoms with Crippen LogP contribution < -0.4 is 5.32 Å². The fourth-order valence-electron chi connectivity index (χ4n) is 2.68. The molecule has 2 aliphatic heterocycles. The van der Waals surface area contributed by atoms with E-state index >= 15 is 0 Å². The maximum Gasteiger partial charge on any atom is 0.0169 e. The van der Waals surface area contributed by atoms with Gasteiger partial charge in [-0.15, -0.1) is 12.4 Å². The lowest BCUT2D eigenvalue weighted by atomic mass is 10.1. The number of rotatable bonds is 2. The molecule has 0 aliphatic carbocycles. The van der Waals surface area contributed by atoms with Gasteiger partial charge in [0, 0.05) is 31.7 Å². The van der Waals surface area contributed by atoms with E-state index in [1.54, 1.807) is 0 Å². The highest BCUT2D eigenvalue weighted by molar-refractivity contribution is 7.99. The number of nitrogens with zero attached hydrogens (tertiary/aromatic N) is 1. The first-order chi connectivity index (χ1) is 6.74. The summed E-state index contributed by atoms with van der Waals surface area (Å²) in [6.45, 7) is 8.42. The predicted molar refractivity (Wildman–Crippen MR) is 71.2 cm³/mol. The third-order valence-corrected chi connectivity index (χ3v) is 4.41. The summed E-state index contributed by atoms with van der Waals surface area (Å²) in [5.41, 5.74) is 0. The number of thioether (sulfide) groups is 1. The van der Waals surface area contributed by atoms with Crippen molar-refractivity contribution in [3.05, 3.63) is 0 Å². The molecule has 0 spiro atoms. The average Bonchev–Trinajstić information content (AvgIpc) is 2.54. The Labute approximate surface area is 104 Å². The molecule has 0 amide bonds. The maximum absolute atomic E-state index is 3.59. The van der Waals surface area contributed by atoms with Crippen LogP contribution >= 0.6 is 24.2 Å². The first-order valence-electron chi connectivity index (χ1n) is 5.80. The smallest absolute Gasteiger partial charge is 0.0169 e. The number of piperazine rings is 1. The summed E-state index contributed by atoms with van der Waals surface area (Å²) >= 11 is 2.13. The lowest BCUT2D eigenvalue weighted by Crippen LogP contribution is -2.55. The first kappa shape index (κ1) is 13.6. The van der Waals surface area contributed by atoms with Gasteiger partial charge in [-0.3, -0.25) is 4.90 Å². The molecule has 2 nitrogen and oxygen atoms in total. The van der Waals surface area contributed by atoms with Gasteiger partial charge in [0.25, 0.3) is 0 Å². The van der Waals surface area contributed by atoms with Crippen molar-refractivity contribution in [3.8, 4) is 0 Å². The van der Waals surface area contributed by atoms with Gasteiger partial charge in [-0.1, -0.05) is 0 Å². The second kappa shape index (κ2) is 6.33. The Kier molecular flexibility index (Phi) is 5.75. The fraction of sp³-hybridized carbons (Fsp3) is 1.00. The predicted octanol–water partition coefficient (Wildman–Crippen LogP) is 1.84. The van der Waals surface area contributed by atoms with Crippen LogP contribution in [0.2, 0.25) is 0 Å². The van der Waals surface area contributed by atoms with E-state index in [1.165, 1.54) is 37.6 Å². The molecule has 2 fully saturated rings. The summed E-state index contributed by atoms with van der Waals surface area (Å²) in [5, 5.41) is 3.59. The van der Waals surface area contributed by atoms with Gasteiger partial charge in [0.1, 0.15) is 0 Å². The van der Waals surface area contributed by atoms with E-state index in [0.717, 1.165) is 5.92 Å². The van der Waals surface area contributed by atoms with E-state index in [-0.39, 0.29) is 12.4 Å². The molecular weight excluding hydrogens is 228 g/mol. The molecule has 0 saturated carbocycles. The van der Waals surface area contributed by atoms with Crippen LogP contribution in [0.15, 0.2) is 0 Å². The second-order valence-electron chi connectivity index (χ2n) is 4.92. The quantitative estimate of drug-likeness (QED) is 0.805. The number of halogens is 1. The Hall–Kier alpha value is 0.560. The summed E-state index contributed by atoms with van der Waals surface area (Å²) < 4.78 is 0. The molecule has 90 valence electrons. The first-order valence-corrected chi connectivity index (χ1v) is 6.95. The standard InChI is InChI=1S/C11H22N2S.ClH/c1-9-5-13(6-10(2)12-9)7-11-3-4-14-8-11;/h9-12H,3-8H2,1-2H3;1H. The van der Waals surface area contributed by atoms with Crippen molar-refractivity contribution in [1.82, 2.24) is 10.2 Å². The molecule has 2 aliphatic rings. The zero-order valence-corrected chi connectivity index (χ0v) is 11.4. The molecule has 0 aromatic rings. The molecule has 2 heterocycles. The number of hydrogen-bond acceptors (Lipinski definition) is 3. The normalized spacial score (nSPS) is 37.6. The average molecular weight is 251 g/mol. The van der Waals surface area contributed by atoms with E-state index in [4.69, 9.17) is 0 Å². The van der Waals surface area contributed by atoms with Crippen LogP contribution in [-0.2, 0) is 0 Å². The summed E-state index contributed by atoms with van der Waals surface area (Å²) in [6.07, 6.45) is 1.44. The van der Waals surface area contributed by atoms with Crippen molar-refractivity contribution in [3.63, 3.8) is 0 Å². The van der Waals surface area contributed by atoms with E-state index in [2.05, 4.69) is 35.8 Å². The van der Waals surface area contributed by atoms with Crippen molar-refractivity contribution in [1.29, 1.82) is 0 Å². The van der Waals surface area contributed by atoms with Gasteiger partial charge >= 0.3 is 0 Å². The highest BCUT2D eigenvalue weighted by Crippen LogP contribution is 2.24. The van der Waals surface area contributed by atoms with Crippen molar-refractivity contribution in [2.24, 2.45) is 5.92 Å². The molecule has 3 unspecified atom stereocenters. The molecule has 0 bridgehead atoms. The molecule has 4 heteroatoms. The largest absolute Gasteiger partial charge is 0.309 e. The molecule has 1 N–H and O–H groups in total. The molecule has 3 atom stereocenters. The third-order valence-electron chi connectivity index (χ3n) is 3.17. The minimum absolute atomic E-state index is 0. The third kappa shape index (κ3) is 4.14. The summed E-state index contributed by atoms with van der Waals surface area (Å²) in [4.78, 5) is 2.66. The van der Waals surface area contributed by atoms with Gasteiger partial charge in [0.05, 0.1) is 0 Å². The minimum Gasteiger partial charge on any atom is -0.309 e. The van der Waals surface area contributed by atoms with E-state index < -0.39 is 0 Å². The van der Waals surface area contributed by atoms with E-state index in [1.807, 2.05) is 0 Å². The maximum atomic E-state index is 3.59. The van der Waals surface area contributed by atoms with Crippen molar-refractivity contribution >= 4 is 24.2 Å². The molecule has 0 radical (unpaired) electrons. The van der Waals surface area contributed by atoms with Gasteiger partial charge in [0.15, 0.2) is 0 Å². The van der Waals surface area contributed by atoms with Crippen LogP contribution in [0.3, 0.4) is 0 Å². The van der Waals surface area contributed by atoms with Crippen LogP contribution in [0, 0.1) is 5.92 Å². The van der Waals surface area contributed by atoms with Crippen LogP contribution in [-0.4, -0.2) is 48.1 Å². The second-order valence-corrected chi connectivity index (χ2v) is 6.07. The lowest BCUT2D eigenvalue weighted by Gasteiger charge is -2.37. The highest BCUT2D eigenvalue weighted by atomic mass is 35.5. The molecule has 2 saturated heterocycles. The summed E-state index contributed by atoms with van der Waals surface area (Å²) in [6, 6.07) is 1.35. The Morgan fingerprint density at radius 3 is 2.47 bits per heavy atom. The van der Waals surface area contributed by atoms with E-state index in [0.29, 0.717) is 12.1 Å². The zero-order chi connectivity index (χ0) is 9.97. The molecule has 0 aromatic carbocycles. The SMILES string of the molecule is CC1CN(CC2CCSC2)CC(C)N1.Cl. The Balaban J connectivity index is 0.00000112. The topological polar surface area (TPSA) is 15.3 Å². The molecule has 15 heavy (non-hydrogen) atoms. The van der Waals surface area contributed by atoms with Crippen molar-refractivity contribution in [2.75, 3.05) is 31.1 Å². The molecule has 2 rings (SSSR count). The van der Waals surface area contributed by atoms with Gasteiger partial charge in [-0.05, 0) is 37.7 Å². The van der Waals surface area contributed by atoms with Crippen LogP contribution in [0.1, 0.15) is 20.3 Å². The van der Waals surface area contributed by atoms with Gasteiger partial charge < -0.3 is 5.32 Å². The van der Waals surface area contributed by atoms with Gasteiger partial charge in [0.2, 0.25) is 0 Å². The number of hydrogen-bond donors (Lipinski definition) is 1. The number of nitrogens with one attached hydrogen (secondary N) is 1. The Morgan fingerprint density at radius 1 is 1.27 bits per heavy atom. The zero-order valence-electron chi connectivity index (χ0n) is 9.74. The lowest BCUT2D eigenvalue weighted by molar-refractivity contribution is 0.155. The van der Waals surface area contributed by atoms with E-state index in [9.17, 15) is 0 Å². The Morgan fingerprint density at radius 2 is 1.93 bits per heavy atom. The summed E-state index contributed by atoms with van der Waals surface area (Å²) in [5.74, 6) is 3.76. The summed E-state index contributed by atoms with van der Waals surface area (Å²) in [7, 11) is 0. The van der Waals surface area contributed by atoms with Crippen LogP contribution in [0.5, 0.6) is 0 Å². The molecular formula is C11H23ClN2S. The van der Waals surface area contributed by atoms with Crippen LogP contribution in [0.25, 0.3) is 0 Å².